The second-order valence-corrected chi connectivity index (χ2v) is 6.34. The maximum absolute atomic E-state index is 11.9. The number of urea groups is 1. The van der Waals surface area contributed by atoms with E-state index in [2.05, 4.69) is 15.6 Å². The average Bonchev–Trinajstić information content (AvgIpc) is 2.65. The molecule has 0 saturated carbocycles. The third-order valence-corrected chi connectivity index (χ3v) is 4.40. The van der Waals surface area contributed by atoms with Crippen LogP contribution in [0.3, 0.4) is 0 Å². The van der Waals surface area contributed by atoms with E-state index in [1.54, 1.807) is 0 Å². The fourth-order valence-electron chi connectivity index (χ4n) is 2.25. The lowest BCUT2D eigenvalue weighted by atomic mass is 10.2. The first-order valence-electron chi connectivity index (χ1n) is 7.81. The van der Waals surface area contributed by atoms with Gasteiger partial charge in [0.2, 0.25) is 5.91 Å². The number of carbonyl (C=O) groups excluding carboxylic acids is 2. The van der Waals surface area contributed by atoms with E-state index < -0.39 is 6.03 Å². The van der Waals surface area contributed by atoms with Crippen LogP contribution in [0.5, 0.6) is 0 Å². The summed E-state index contributed by atoms with van der Waals surface area (Å²) in [6.07, 6.45) is 0. The van der Waals surface area contributed by atoms with Crippen LogP contribution in [0.15, 0.2) is 71.8 Å². The Morgan fingerprint density at radius 2 is 1.68 bits per heavy atom. The molecule has 3 rings (SSSR count). The van der Waals surface area contributed by atoms with Crippen molar-refractivity contribution in [3.63, 3.8) is 0 Å². The zero-order valence-corrected chi connectivity index (χ0v) is 14.3. The van der Waals surface area contributed by atoms with Crippen molar-refractivity contribution in [3.05, 3.63) is 72.3 Å². The smallest absolute Gasteiger partial charge is 0.321 e. The standard InChI is InChI=1S/C19H17N3O2S/c23-17(22-19(24)20-12-14-6-2-1-3-7-14)13-25-18-11-10-15-8-4-5-9-16(15)21-18/h1-11H,12-13H2,(H2,20,22,23,24). The highest BCUT2D eigenvalue weighted by molar-refractivity contribution is 7.99. The number of thioether (sulfide) groups is 1. The number of nitrogens with one attached hydrogen (secondary N) is 2. The summed E-state index contributed by atoms with van der Waals surface area (Å²) in [7, 11) is 0. The highest BCUT2D eigenvalue weighted by atomic mass is 32.2. The first-order chi connectivity index (χ1) is 12.2. The predicted molar refractivity (Wildman–Crippen MR) is 99.3 cm³/mol. The third-order valence-electron chi connectivity index (χ3n) is 3.47. The Balaban J connectivity index is 1.46. The van der Waals surface area contributed by atoms with E-state index in [9.17, 15) is 9.59 Å². The van der Waals surface area contributed by atoms with Crippen molar-refractivity contribution in [2.75, 3.05) is 5.75 Å². The molecule has 6 heteroatoms. The fraction of sp³-hybridized carbons (Fsp3) is 0.105. The zero-order chi connectivity index (χ0) is 17.5. The molecule has 3 aromatic rings. The maximum atomic E-state index is 11.9. The van der Waals surface area contributed by atoms with E-state index in [1.165, 1.54) is 11.8 Å². The van der Waals surface area contributed by atoms with E-state index in [1.807, 2.05) is 66.7 Å². The Bertz CT molecular complexity index is 884. The Kier molecular flexibility index (Phi) is 5.64. The van der Waals surface area contributed by atoms with Crippen molar-refractivity contribution in [1.29, 1.82) is 0 Å². The molecule has 25 heavy (non-hydrogen) atoms. The first-order valence-corrected chi connectivity index (χ1v) is 8.79. The summed E-state index contributed by atoms with van der Waals surface area (Å²) in [5.74, 6) is -0.227. The molecule has 5 nitrogen and oxygen atoms in total. The van der Waals surface area contributed by atoms with Gasteiger partial charge in [-0.2, -0.15) is 0 Å². The van der Waals surface area contributed by atoms with E-state index in [-0.39, 0.29) is 11.7 Å². The molecule has 0 aliphatic rings. The lowest BCUT2D eigenvalue weighted by Crippen LogP contribution is -2.39. The molecular formula is C19H17N3O2S. The number of hydrogen-bond acceptors (Lipinski definition) is 4. The third kappa shape index (κ3) is 5.06. The van der Waals surface area contributed by atoms with Crippen LogP contribution in [-0.4, -0.2) is 22.7 Å². The summed E-state index contributed by atoms with van der Waals surface area (Å²) in [5, 5.41) is 6.78. The van der Waals surface area contributed by atoms with E-state index in [4.69, 9.17) is 0 Å². The number of rotatable bonds is 5. The maximum Gasteiger partial charge on any atom is 0.321 e. The molecule has 2 N–H and O–H groups in total. The number of imide groups is 1. The summed E-state index contributed by atoms with van der Waals surface area (Å²) in [4.78, 5) is 28.1. The van der Waals surface area contributed by atoms with Crippen LogP contribution in [-0.2, 0) is 11.3 Å². The van der Waals surface area contributed by atoms with Gasteiger partial charge in [-0.05, 0) is 17.7 Å². The van der Waals surface area contributed by atoms with Gasteiger partial charge in [0.1, 0.15) is 0 Å². The van der Waals surface area contributed by atoms with Crippen molar-refractivity contribution in [2.45, 2.75) is 11.6 Å². The van der Waals surface area contributed by atoms with Crippen molar-refractivity contribution in [3.8, 4) is 0 Å². The quantitative estimate of drug-likeness (QED) is 0.692. The molecule has 0 aliphatic heterocycles. The molecule has 0 fully saturated rings. The first kappa shape index (κ1) is 17.0. The topological polar surface area (TPSA) is 71.1 Å². The minimum atomic E-state index is -0.499. The average molecular weight is 351 g/mol. The number of amides is 3. The van der Waals surface area contributed by atoms with Gasteiger partial charge in [-0.25, -0.2) is 9.78 Å². The van der Waals surface area contributed by atoms with E-state index in [0.717, 1.165) is 21.5 Å². The van der Waals surface area contributed by atoms with Gasteiger partial charge in [0.15, 0.2) is 0 Å². The molecule has 0 bridgehead atoms. The number of pyridine rings is 1. The number of fused-ring (bicyclic) bond motifs is 1. The number of aromatic nitrogens is 1. The Morgan fingerprint density at radius 3 is 2.52 bits per heavy atom. The Labute approximate surface area is 149 Å². The summed E-state index contributed by atoms with van der Waals surface area (Å²) in [6, 6.07) is 20.6. The van der Waals surface area contributed by atoms with Crippen molar-refractivity contribution in [2.24, 2.45) is 0 Å². The summed E-state index contributed by atoms with van der Waals surface area (Å²) >= 11 is 1.30. The predicted octanol–water partition coefficient (Wildman–Crippen LogP) is 3.35. The largest absolute Gasteiger partial charge is 0.334 e. The molecule has 2 aromatic carbocycles. The molecule has 1 heterocycles. The van der Waals surface area contributed by atoms with Crippen molar-refractivity contribution < 1.29 is 9.59 Å². The molecule has 0 saturated heterocycles. The number of hydrogen-bond donors (Lipinski definition) is 2. The summed E-state index contributed by atoms with van der Waals surface area (Å²) in [6.45, 7) is 0.374. The van der Waals surface area contributed by atoms with Gasteiger partial charge in [0.25, 0.3) is 0 Å². The molecule has 0 radical (unpaired) electrons. The van der Waals surface area contributed by atoms with Crippen LogP contribution in [0, 0.1) is 0 Å². The lowest BCUT2D eigenvalue weighted by molar-refractivity contribution is -0.117. The van der Waals surface area contributed by atoms with Crippen molar-refractivity contribution in [1.82, 2.24) is 15.6 Å². The molecule has 1 aromatic heterocycles. The van der Waals surface area contributed by atoms with Crippen LogP contribution in [0.4, 0.5) is 4.79 Å². The number of benzene rings is 2. The van der Waals surface area contributed by atoms with E-state index in [0.29, 0.717) is 6.54 Å². The Hall–Kier alpha value is -2.86. The molecule has 0 atom stereocenters. The number of para-hydroxylation sites is 1. The SMILES string of the molecule is O=C(CSc1ccc2ccccc2n1)NC(=O)NCc1ccccc1. The highest BCUT2D eigenvalue weighted by Crippen LogP contribution is 2.19. The molecule has 0 spiro atoms. The van der Waals surface area contributed by atoms with Crippen LogP contribution < -0.4 is 10.6 Å². The van der Waals surface area contributed by atoms with Gasteiger partial charge in [0.05, 0.1) is 16.3 Å². The zero-order valence-electron chi connectivity index (χ0n) is 13.4. The number of nitrogens with zero attached hydrogens (tertiary/aromatic N) is 1. The molecule has 0 unspecified atom stereocenters. The Morgan fingerprint density at radius 1 is 0.920 bits per heavy atom. The minimum absolute atomic E-state index is 0.129. The normalized spacial score (nSPS) is 10.4. The molecule has 0 aliphatic carbocycles. The van der Waals surface area contributed by atoms with Gasteiger partial charge < -0.3 is 5.32 Å². The van der Waals surface area contributed by atoms with Crippen LogP contribution >= 0.6 is 11.8 Å². The van der Waals surface area contributed by atoms with Crippen molar-refractivity contribution >= 4 is 34.6 Å². The summed E-state index contributed by atoms with van der Waals surface area (Å²) in [5.41, 5.74) is 1.85. The molecule has 3 amide bonds. The van der Waals surface area contributed by atoms with E-state index >= 15 is 0 Å². The van der Waals surface area contributed by atoms with Gasteiger partial charge in [-0.1, -0.05) is 66.4 Å². The monoisotopic (exact) mass is 351 g/mol. The van der Waals surface area contributed by atoms with Crippen LogP contribution in [0.25, 0.3) is 10.9 Å². The second-order valence-electron chi connectivity index (χ2n) is 5.35. The molecule has 126 valence electrons. The second kappa shape index (κ2) is 8.30. The molecular weight excluding hydrogens is 334 g/mol. The van der Waals surface area contributed by atoms with Gasteiger partial charge in [-0.15, -0.1) is 0 Å². The number of carbonyl (C=O) groups is 2. The fourth-order valence-corrected chi connectivity index (χ4v) is 2.93. The summed E-state index contributed by atoms with van der Waals surface area (Å²) < 4.78 is 0. The van der Waals surface area contributed by atoms with Gasteiger partial charge >= 0.3 is 6.03 Å². The van der Waals surface area contributed by atoms with Crippen LogP contribution in [0.1, 0.15) is 5.56 Å². The van der Waals surface area contributed by atoms with Gasteiger partial charge in [-0.3, -0.25) is 10.1 Å². The van der Waals surface area contributed by atoms with Gasteiger partial charge in [0, 0.05) is 11.9 Å². The lowest BCUT2D eigenvalue weighted by Gasteiger charge is -2.07. The van der Waals surface area contributed by atoms with Crippen LogP contribution in [0.2, 0.25) is 0 Å². The minimum Gasteiger partial charge on any atom is -0.334 e. The highest BCUT2D eigenvalue weighted by Gasteiger charge is 2.09.